The van der Waals surface area contributed by atoms with Crippen molar-refractivity contribution in [3.05, 3.63) is 0 Å². The second-order valence-corrected chi connectivity index (χ2v) is 3.95. The molecule has 1 rings (SSSR count). The van der Waals surface area contributed by atoms with E-state index in [0.717, 1.165) is 38.9 Å². The van der Waals surface area contributed by atoms with Crippen molar-refractivity contribution in [3.8, 4) is 0 Å². The largest absolute Gasteiger partial charge is 0.381 e. The SMILES string of the molecule is COC1CCN(CCCC(=O)NN)CC1. The minimum absolute atomic E-state index is 0.0817. The van der Waals surface area contributed by atoms with Crippen molar-refractivity contribution in [3.63, 3.8) is 0 Å². The number of piperidine rings is 1. The fourth-order valence-corrected chi connectivity index (χ4v) is 1.90. The number of hydrogen-bond acceptors (Lipinski definition) is 4. The Balaban J connectivity index is 2.06. The van der Waals surface area contributed by atoms with Gasteiger partial charge in [0.25, 0.3) is 0 Å². The highest BCUT2D eigenvalue weighted by Gasteiger charge is 2.17. The normalized spacial score (nSPS) is 19.1. The van der Waals surface area contributed by atoms with Gasteiger partial charge in [-0.1, -0.05) is 0 Å². The molecule has 5 nitrogen and oxygen atoms in total. The zero-order chi connectivity index (χ0) is 11.1. The molecule has 0 aromatic heterocycles. The predicted molar refractivity (Wildman–Crippen MR) is 58.0 cm³/mol. The van der Waals surface area contributed by atoms with Crippen LogP contribution in [0.15, 0.2) is 0 Å². The molecule has 15 heavy (non-hydrogen) atoms. The van der Waals surface area contributed by atoms with Crippen LogP contribution >= 0.6 is 0 Å². The summed E-state index contributed by atoms with van der Waals surface area (Å²) in [6.45, 7) is 3.12. The van der Waals surface area contributed by atoms with Gasteiger partial charge in [0.05, 0.1) is 6.10 Å². The average molecular weight is 215 g/mol. The van der Waals surface area contributed by atoms with E-state index in [0.29, 0.717) is 12.5 Å². The van der Waals surface area contributed by atoms with E-state index >= 15 is 0 Å². The van der Waals surface area contributed by atoms with Crippen LogP contribution < -0.4 is 11.3 Å². The Hall–Kier alpha value is -0.650. The van der Waals surface area contributed by atoms with Crippen molar-refractivity contribution in [2.75, 3.05) is 26.7 Å². The smallest absolute Gasteiger partial charge is 0.233 e. The van der Waals surface area contributed by atoms with E-state index in [9.17, 15) is 4.79 Å². The van der Waals surface area contributed by atoms with Crippen molar-refractivity contribution >= 4 is 5.91 Å². The van der Waals surface area contributed by atoms with Crippen LogP contribution in [0.2, 0.25) is 0 Å². The Morgan fingerprint density at radius 1 is 1.53 bits per heavy atom. The first-order chi connectivity index (χ1) is 7.26. The lowest BCUT2D eigenvalue weighted by molar-refractivity contribution is -0.121. The quantitative estimate of drug-likeness (QED) is 0.381. The molecule has 0 aliphatic carbocycles. The van der Waals surface area contributed by atoms with Gasteiger partial charge in [0.2, 0.25) is 5.91 Å². The van der Waals surface area contributed by atoms with Gasteiger partial charge < -0.3 is 9.64 Å². The first kappa shape index (κ1) is 12.4. The van der Waals surface area contributed by atoms with Crippen molar-refractivity contribution in [2.45, 2.75) is 31.8 Å². The molecule has 1 heterocycles. The highest BCUT2D eigenvalue weighted by molar-refractivity contribution is 5.75. The molecule has 0 unspecified atom stereocenters. The molecule has 0 bridgehead atoms. The van der Waals surface area contributed by atoms with Crippen LogP contribution in [-0.2, 0) is 9.53 Å². The highest BCUT2D eigenvalue weighted by atomic mass is 16.5. The predicted octanol–water partition coefficient (Wildman–Crippen LogP) is -0.133. The van der Waals surface area contributed by atoms with Gasteiger partial charge in [-0.2, -0.15) is 0 Å². The van der Waals surface area contributed by atoms with E-state index in [1.807, 2.05) is 0 Å². The summed E-state index contributed by atoms with van der Waals surface area (Å²) in [6.07, 6.45) is 4.01. The maximum absolute atomic E-state index is 10.9. The van der Waals surface area contributed by atoms with E-state index in [1.54, 1.807) is 7.11 Å². The van der Waals surface area contributed by atoms with Crippen LogP contribution in [0.1, 0.15) is 25.7 Å². The summed E-state index contributed by atoms with van der Waals surface area (Å²) in [5, 5.41) is 0. The van der Waals surface area contributed by atoms with Gasteiger partial charge in [-0.25, -0.2) is 5.84 Å². The number of carbonyl (C=O) groups excluding carboxylic acids is 1. The second kappa shape index (κ2) is 6.76. The average Bonchev–Trinajstić information content (AvgIpc) is 2.29. The van der Waals surface area contributed by atoms with Crippen LogP contribution in [0, 0.1) is 0 Å². The van der Waals surface area contributed by atoms with E-state index < -0.39 is 0 Å². The molecule has 1 amide bonds. The van der Waals surface area contributed by atoms with Crippen molar-refractivity contribution in [2.24, 2.45) is 5.84 Å². The number of hydrazine groups is 1. The van der Waals surface area contributed by atoms with Crippen LogP contribution in [0.25, 0.3) is 0 Å². The summed E-state index contributed by atoms with van der Waals surface area (Å²) >= 11 is 0. The Labute approximate surface area is 90.9 Å². The van der Waals surface area contributed by atoms with Crippen molar-refractivity contribution < 1.29 is 9.53 Å². The molecular weight excluding hydrogens is 194 g/mol. The van der Waals surface area contributed by atoms with Crippen molar-refractivity contribution in [1.29, 1.82) is 0 Å². The number of hydrogen-bond donors (Lipinski definition) is 2. The number of ether oxygens (including phenoxy) is 1. The summed E-state index contributed by atoms with van der Waals surface area (Å²) in [4.78, 5) is 13.3. The zero-order valence-electron chi connectivity index (χ0n) is 9.37. The van der Waals surface area contributed by atoms with E-state index in [4.69, 9.17) is 10.6 Å². The van der Waals surface area contributed by atoms with E-state index in [-0.39, 0.29) is 5.91 Å². The molecule has 88 valence electrons. The van der Waals surface area contributed by atoms with Crippen LogP contribution in [0.5, 0.6) is 0 Å². The maximum Gasteiger partial charge on any atom is 0.233 e. The van der Waals surface area contributed by atoms with Crippen LogP contribution in [-0.4, -0.2) is 43.7 Å². The minimum atomic E-state index is -0.0817. The minimum Gasteiger partial charge on any atom is -0.381 e. The summed E-state index contributed by atoms with van der Waals surface area (Å²) in [7, 11) is 1.77. The maximum atomic E-state index is 10.9. The number of nitrogens with one attached hydrogen (secondary N) is 1. The Morgan fingerprint density at radius 3 is 2.73 bits per heavy atom. The highest BCUT2D eigenvalue weighted by Crippen LogP contribution is 2.13. The fourth-order valence-electron chi connectivity index (χ4n) is 1.90. The van der Waals surface area contributed by atoms with Gasteiger partial charge in [0.15, 0.2) is 0 Å². The fraction of sp³-hybridized carbons (Fsp3) is 0.900. The molecule has 0 aromatic rings. The molecule has 5 heteroatoms. The number of nitrogens with zero attached hydrogens (tertiary/aromatic N) is 1. The van der Waals surface area contributed by atoms with Crippen LogP contribution in [0.3, 0.4) is 0 Å². The lowest BCUT2D eigenvalue weighted by atomic mass is 10.1. The number of amides is 1. The summed E-state index contributed by atoms with van der Waals surface area (Å²) in [5.41, 5.74) is 2.14. The molecule has 0 aromatic carbocycles. The van der Waals surface area contributed by atoms with E-state index in [1.165, 1.54) is 0 Å². The number of likely N-dealkylation sites (tertiary alicyclic amines) is 1. The van der Waals surface area contributed by atoms with Gasteiger partial charge in [0.1, 0.15) is 0 Å². The topological polar surface area (TPSA) is 67.6 Å². The monoisotopic (exact) mass is 215 g/mol. The number of nitrogens with two attached hydrogens (primary N) is 1. The number of carbonyl (C=O) groups is 1. The Kier molecular flexibility index (Phi) is 5.60. The summed E-state index contributed by atoms with van der Waals surface area (Å²) < 4.78 is 5.29. The summed E-state index contributed by atoms with van der Waals surface area (Å²) in [5.74, 6) is 4.92. The third-order valence-electron chi connectivity index (χ3n) is 2.91. The first-order valence-corrected chi connectivity index (χ1v) is 5.51. The number of rotatable bonds is 5. The molecule has 1 saturated heterocycles. The zero-order valence-corrected chi connectivity index (χ0v) is 9.37. The van der Waals surface area contributed by atoms with Gasteiger partial charge >= 0.3 is 0 Å². The molecule has 1 aliphatic heterocycles. The van der Waals surface area contributed by atoms with Gasteiger partial charge in [-0.3, -0.25) is 10.2 Å². The summed E-state index contributed by atoms with van der Waals surface area (Å²) in [6, 6.07) is 0. The van der Waals surface area contributed by atoms with Gasteiger partial charge in [0, 0.05) is 26.6 Å². The van der Waals surface area contributed by atoms with E-state index in [2.05, 4.69) is 10.3 Å². The van der Waals surface area contributed by atoms with Gasteiger partial charge in [-0.05, 0) is 25.8 Å². The molecule has 1 aliphatic rings. The molecule has 0 atom stereocenters. The second-order valence-electron chi connectivity index (χ2n) is 3.95. The molecule has 0 spiro atoms. The third-order valence-corrected chi connectivity index (χ3v) is 2.91. The molecule has 0 radical (unpaired) electrons. The molecular formula is C10H21N3O2. The molecule has 1 fully saturated rings. The molecule has 0 saturated carbocycles. The number of methoxy groups -OCH3 is 1. The van der Waals surface area contributed by atoms with Crippen molar-refractivity contribution in [1.82, 2.24) is 10.3 Å². The lowest BCUT2D eigenvalue weighted by Crippen LogP contribution is -2.37. The lowest BCUT2D eigenvalue weighted by Gasteiger charge is -2.30. The first-order valence-electron chi connectivity index (χ1n) is 5.51. The van der Waals surface area contributed by atoms with Crippen LogP contribution in [0.4, 0.5) is 0 Å². The molecule has 3 N–H and O–H groups in total. The Bertz CT molecular complexity index is 191. The Morgan fingerprint density at radius 2 is 2.20 bits per heavy atom. The third kappa shape index (κ3) is 4.59. The van der Waals surface area contributed by atoms with Gasteiger partial charge in [-0.15, -0.1) is 0 Å². The standard InChI is InChI=1S/C10H21N3O2/c1-15-9-4-7-13(8-5-9)6-2-3-10(14)12-11/h9H,2-8,11H2,1H3,(H,12,14).